The number of likely N-dealkylation sites (tertiary alicyclic amines) is 1. The first-order valence-electron chi connectivity index (χ1n) is 5.18. The van der Waals surface area contributed by atoms with Gasteiger partial charge in [-0.2, -0.15) is 0 Å². The molecule has 2 heterocycles. The van der Waals surface area contributed by atoms with Gasteiger partial charge in [0.1, 0.15) is 0 Å². The third kappa shape index (κ3) is 1.81. The molecule has 1 aliphatic rings. The minimum Gasteiger partial charge on any atom is -0.359 e. The Kier molecular flexibility index (Phi) is 2.84. The summed E-state index contributed by atoms with van der Waals surface area (Å²) in [6.07, 6.45) is 2.53. The van der Waals surface area contributed by atoms with Crippen molar-refractivity contribution in [2.45, 2.75) is 25.8 Å². The van der Waals surface area contributed by atoms with Crippen LogP contribution in [0, 0.1) is 6.92 Å². The molecule has 4 nitrogen and oxygen atoms in total. The maximum absolute atomic E-state index is 5.76. The van der Waals surface area contributed by atoms with Crippen molar-refractivity contribution in [2.75, 3.05) is 19.6 Å². The summed E-state index contributed by atoms with van der Waals surface area (Å²) in [5.74, 6) is 0.909. The molecule has 0 amide bonds. The van der Waals surface area contributed by atoms with Crippen LogP contribution in [-0.4, -0.2) is 29.7 Å². The van der Waals surface area contributed by atoms with Crippen molar-refractivity contribution in [1.29, 1.82) is 0 Å². The van der Waals surface area contributed by atoms with Crippen molar-refractivity contribution in [1.82, 2.24) is 10.1 Å². The lowest BCUT2D eigenvalue weighted by Gasteiger charge is -2.23. The molecule has 4 heteroatoms. The molecule has 1 aliphatic heterocycles. The van der Waals surface area contributed by atoms with Gasteiger partial charge in [-0.1, -0.05) is 5.16 Å². The zero-order chi connectivity index (χ0) is 9.97. The Morgan fingerprint density at radius 1 is 1.57 bits per heavy atom. The van der Waals surface area contributed by atoms with Crippen molar-refractivity contribution < 1.29 is 4.52 Å². The van der Waals surface area contributed by atoms with Crippen LogP contribution in [0.2, 0.25) is 0 Å². The van der Waals surface area contributed by atoms with E-state index < -0.39 is 0 Å². The second kappa shape index (κ2) is 4.11. The van der Waals surface area contributed by atoms with Crippen molar-refractivity contribution in [3.05, 3.63) is 17.5 Å². The molecule has 1 aromatic rings. The molecule has 1 fully saturated rings. The van der Waals surface area contributed by atoms with E-state index in [0.29, 0.717) is 6.54 Å². The molecule has 1 atom stereocenters. The fourth-order valence-electron chi connectivity index (χ4n) is 2.04. The molecule has 1 aromatic heterocycles. The van der Waals surface area contributed by atoms with Gasteiger partial charge in [0.25, 0.3) is 0 Å². The van der Waals surface area contributed by atoms with Crippen LogP contribution in [0.5, 0.6) is 0 Å². The summed E-state index contributed by atoms with van der Waals surface area (Å²) in [5, 5.41) is 3.90. The fraction of sp³-hybridized carbons (Fsp3) is 0.700. The zero-order valence-electron chi connectivity index (χ0n) is 8.57. The smallest absolute Gasteiger partial charge is 0.155 e. The Labute approximate surface area is 84.0 Å². The molecular formula is C10H17N3O. The summed E-state index contributed by atoms with van der Waals surface area (Å²) in [7, 11) is 0. The highest BCUT2D eigenvalue weighted by atomic mass is 16.5. The van der Waals surface area contributed by atoms with Gasteiger partial charge in [-0.05, 0) is 32.9 Å². The van der Waals surface area contributed by atoms with Gasteiger partial charge in [-0.3, -0.25) is 4.90 Å². The first kappa shape index (κ1) is 9.68. The SMILES string of the molecule is Cc1cc(C(CN)N2CCCC2)on1. The summed E-state index contributed by atoms with van der Waals surface area (Å²) in [4.78, 5) is 2.37. The third-order valence-corrected chi connectivity index (χ3v) is 2.78. The van der Waals surface area contributed by atoms with Crippen molar-refractivity contribution in [3.63, 3.8) is 0 Å². The van der Waals surface area contributed by atoms with Gasteiger partial charge >= 0.3 is 0 Å². The third-order valence-electron chi connectivity index (χ3n) is 2.78. The van der Waals surface area contributed by atoms with Gasteiger partial charge in [0, 0.05) is 12.6 Å². The quantitative estimate of drug-likeness (QED) is 0.784. The Bertz CT molecular complexity index is 291. The number of nitrogens with two attached hydrogens (primary N) is 1. The van der Waals surface area contributed by atoms with E-state index in [1.807, 2.05) is 13.0 Å². The molecule has 0 aliphatic carbocycles. The normalized spacial score (nSPS) is 20.1. The maximum atomic E-state index is 5.76. The van der Waals surface area contributed by atoms with Gasteiger partial charge in [-0.15, -0.1) is 0 Å². The minimum absolute atomic E-state index is 0.221. The molecule has 0 radical (unpaired) electrons. The van der Waals surface area contributed by atoms with E-state index in [4.69, 9.17) is 10.3 Å². The van der Waals surface area contributed by atoms with E-state index in [0.717, 1.165) is 24.5 Å². The topological polar surface area (TPSA) is 55.3 Å². The van der Waals surface area contributed by atoms with E-state index in [1.54, 1.807) is 0 Å². The summed E-state index contributed by atoms with van der Waals surface area (Å²) < 4.78 is 5.26. The molecule has 0 bridgehead atoms. The van der Waals surface area contributed by atoms with Crippen molar-refractivity contribution >= 4 is 0 Å². The second-order valence-corrected chi connectivity index (χ2v) is 3.87. The molecule has 2 N–H and O–H groups in total. The van der Waals surface area contributed by atoms with Crippen molar-refractivity contribution in [2.24, 2.45) is 5.73 Å². The lowest BCUT2D eigenvalue weighted by molar-refractivity contribution is 0.205. The number of hydrogen-bond donors (Lipinski definition) is 1. The second-order valence-electron chi connectivity index (χ2n) is 3.87. The predicted octanol–water partition coefficient (Wildman–Crippen LogP) is 1.08. The molecule has 78 valence electrons. The summed E-state index contributed by atoms with van der Waals surface area (Å²) in [6.45, 7) is 4.79. The van der Waals surface area contributed by atoms with Crippen LogP contribution in [0.1, 0.15) is 30.3 Å². The zero-order valence-corrected chi connectivity index (χ0v) is 8.57. The Morgan fingerprint density at radius 3 is 2.79 bits per heavy atom. The Morgan fingerprint density at radius 2 is 2.29 bits per heavy atom. The first-order chi connectivity index (χ1) is 6.81. The van der Waals surface area contributed by atoms with E-state index in [2.05, 4.69) is 10.1 Å². The van der Waals surface area contributed by atoms with Crippen molar-refractivity contribution in [3.8, 4) is 0 Å². The van der Waals surface area contributed by atoms with Crippen LogP contribution in [0.3, 0.4) is 0 Å². The molecule has 0 aromatic carbocycles. The van der Waals surface area contributed by atoms with Gasteiger partial charge in [0.05, 0.1) is 11.7 Å². The van der Waals surface area contributed by atoms with E-state index in [1.165, 1.54) is 12.8 Å². The fourth-order valence-corrected chi connectivity index (χ4v) is 2.04. The molecule has 1 saturated heterocycles. The average molecular weight is 195 g/mol. The maximum Gasteiger partial charge on any atom is 0.155 e. The van der Waals surface area contributed by atoms with Crippen LogP contribution in [0.4, 0.5) is 0 Å². The van der Waals surface area contributed by atoms with E-state index >= 15 is 0 Å². The van der Waals surface area contributed by atoms with E-state index in [9.17, 15) is 0 Å². The van der Waals surface area contributed by atoms with Crippen LogP contribution >= 0.6 is 0 Å². The first-order valence-corrected chi connectivity index (χ1v) is 5.18. The molecular weight excluding hydrogens is 178 g/mol. The Hall–Kier alpha value is -0.870. The summed E-state index contributed by atoms with van der Waals surface area (Å²) in [5.41, 5.74) is 6.69. The molecule has 0 saturated carbocycles. The lowest BCUT2D eigenvalue weighted by Crippen LogP contribution is -2.31. The Balaban J connectivity index is 2.12. The molecule has 1 unspecified atom stereocenters. The predicted molar refractivity (Wildman–Crippen MR) is 53.8 cm³/mol. The highest BCUT2D eigenvalue weighted by Crippen LogP contribution is 2.24. The van der Waals surface area contributed by atoms with E-state index in [-0.39, 0.29) is 6.04 Å². The average Bonchev–Trinajstić information content (AvgIpc) is 2.79. The van der Waals surface area contributed by atoms with Gasteiger partial charge in [-0.25, -0.2) is 0 Å². The standard InChI is InChI=1S/C10H17N3O/c1-8-6-10(14-12-8)9(7-11)13-4-2-3-5-13/h6,9H,2-5,7,11H2,1H3. The lowest BCUT2D eigenvalue weighted by atomic mass is 10.2. The van der Waals surface area contributed by atoms with Crippen LogP contribution < -0.4 is 5.73 Å². The minimum atomic E-state index is 0.221. The van der Waals surface area contributed by atoms with Gasteiger partial charge in [0.2, 0.25) is 0 Å². The highest BCUT2D eigenvalue weighted by Gasteiger charge is 2.24. The number of rotatable bonds is 3. The highest BCUT2D eigenvalue weighted by molar-refractivity contribution is 5.08. The number of aromatic nitrogens is 1. The van der Waals surface area contributed by atoms with Gasteiger partial charge in [0.15, 0.2) is 5.76 Å². The number of aryl methyl sites for hydroxylation is 1. The summed E-state index contributed by atoms with van der Waals surface area (Å²) >= 11 is 0. The molecule has 0 spiro atoms. The molecule has 2 rings (SSSR count). The van der Waals surface area contributed by atoms with Crippen LogP contribution in [-0.2, 0) is 0 Å². The monoisotopic (exact) mass is 195 g/mol. The summed E-state index contributed by atoms with van der Waals surface area (Å²) in [6, 6.07) is 2.20. The van der Waals surface area contributed by atoms with Gasteiger partial charge < -0.3 is 10.3 Å². The van der Waals surface area contributed by atoms with Crippen LogP contribution in [0.15, 0.2) is 10.6 Å². The number of hydrogen-bond acceptors (Lipinski definition) is 4. The molecule has 14 heavy (non-hydrogen) atoms. The largest absolute Gasteiger partial charge is 0.359 e. The van der Waals surface area contributed by atoms with Crippen LogP contribution in [0.25, 0.3) is 0 Å². The number of nitrogens with zero attached hydrogens (tertiary/aromatic N) is 2.